The number of benzene rings is 2. The molecule has 14 heteroatoms. The topological polar surface area (TPSA) is 95.6 Å². The van der Waals surface area contributed by atoms with Gasteiger partial charge in [0.25, 0.3) is 5.91 Å². The molecule has 1 amide bonds. The number of aromatic nitrogens is 5. The maximum atomic E-state index is 14.1. The fourth-order valence-corrected chi connectivity index (χ4v) is 4.99. The van der Waals surface area contributed by atoms with Crippen molar-refractivity contribution >= 4 is 40.4 Å². The number of anilines is 1. The molecule has 0 spiro atoms. The number of alkyl halides is 3. The second-order valence-corrected chi connectivity index (χ2v) is 10.1. The number of methoxy groups -OCH3 is 2. The molecule has 218 valence electrons. The van der Waals surface area contributed by atoms with Crippen molar-refractivity contribution in [2.45, 2.75) is 26.6 Å². The Morgan fingerprint density at radius 2 is 1.67 bits per heavy atom. The van der Waals surface area contributed by atoms with E-state index >= 15 is 0 Å². The van der Waals surface area contributed by atoms with Crippen molar-refractivity contribution in [2.75, 3.05) is 19.5 Å². The van der Waals surface area contributed by atoms with Gasteiger partial charge in [0.1, 0.15) is 0 Å². The molecule has 1 N–H and O–H groups in total. The minimum absolute atomic E-state index is 0.00818. The van der Waals surface area contributed by atoms with E-state index < -0.39 is 17.8 Å². The molecule has 3 heterocycles. The molecule has 0 aliphatic heterocycles. The Kier molecular flexibility index (Phi) is 7.78. The number of ether oxygens (including phenoxy) is 2. The van der Waals surface area contributed by atoms with E-state index in [1.807, 2.05) is 0 Å². The summed E-state index contributed by atoms with van der Waals surface area (Å²) in [5.41, 5.74) is 0.932. The van der Waals surface area contributed by atoms with Crippen LogP contribution in [0, 0.1) is 13.8 Å². The van der Waals surface area contributed by atoms with E-state index in [1.165, 1.54) is 26.4 Å². The van der Waals surface area contributed by atoms with Crippen molar-refractivity contribution in [1.29, 1.82) is 0 Å². The summed E-state index contributed by atoms with van der Waals surface area (Å²) in [6.45, 7) is 3.67. The Morgan fingerprint density at radius 1 is 0.976 bits per heavy atom. The predicted molar refractivity (Wildman–Crippen MR) is 152 cm³/mol. The van der Waals surface area contributed by atoms with Crippen LogP contribution in [0.3, 0.4) is 0 Å². The second kappa shape index (κ2) is 11.2. The molecule has 5 aromatic rings. The van der Waals surface area contributed by atoms with Gasteiger partial charge in [0.15, 0.2) is 28.5 Å². The molecule has 0 unspecified atom stereocenters. The largest absolute Gasteiger partial charge is 0.493 e. The monoisotopic (exact) mass is 618 g/mol. The lowest BCUT2D eigenvalue weighted by atomic mass is 10.1. The second-order valence-electron chi connectivity index (χ2n) is 9.25. The zero-order valence-electron chi connectivity index (χ0n) is 22.7. The Hall–Kier alpha value is -4.29. The van der Waals surface area contributed by atoms with Crippen LogP contribution in [0.5, 0.6) is 11.5 Å². The first-order chi connectivity index (χ1) is 19.9. The fourth-order valence-electron chi connectivity index (χ4n) is 4.47. The average molecular weight is 619 g/mol. The van der Waals surface area contributed by atoms with E-state index in [4.69, 9.17) is 32.7 Å². The Labute approximate surface area is 247 Å². The summed E-state index contributed by atoms with van der Waals surface area (Å²) < 4.78 is 55.1. The van der Waals surface area contributed by atoms with Gasteiger partial charge in [0.05, 0.1) is 43.5 Å². The summed E-state index contributed by atoms with van der Waals surface area (Å²) in [6.07, 6.45) is -4.79. The number of nitrogens with zero attached hydrogens (tertiary/aromatic N) is 5. The smallest absolute Gasteiger partial charge is 0.433 e. The lowest BCUT2D eigenvalue weighted by molar-refractivity contribution is -0.142. The van der Waals surface area contributed by atoms with Crippen LogP contribution < -0.4 is 14.8 Å². The highest BCUT2D eigenvalue weighted by Crippen LogP contribution is 2.36. The van der Waals surface area contributed by atoms with Gasteiger partial charge in [0, 0.05) is 27.2 Å². The van der Waals surface area contributed by atoms with E-state index in [0.29, 0.717) is 54.3 Å². The zero-order chi connectivity index (χ0) is 30.3. The number of carbonyl (C=O) groups is 1. The molecule has 0 aliphatic rings. The molecule has 0 saturated heterocycles. The number of fused-ring (bicyclic) bond motifs is 1. The molecule has 0 aliphatic carbocycles. The Bertz CT molecular complexity index is 1810. The van der Waals surface area contributed by atoms with Gasteiger partial charge in [-0.3, -0.25) is 9.48 Å². The van der Waals surface area contributed by atoms with Crippen molar-refractivity contribution in [3.63, 3.8) is 0 Å². The summed E-state index contributed by atoms with van der Waals surface area (Å²) in [5.74, 6) is -0.00438. The van der Waals surface area contributed by atoms with Gasteiger partial charge in [-0.25, -0.2) is 9.50 Å². The molecule has 0 radical (unpaired) electrons. The van der Waals surface area contributed by atoms with Crippen molar-refractivity contribution in [3.05, 3.63) is 86.9 Å². The standard InChI is InChI=1S/C28H23Cl2F3N6O3/c1-14-26(15(2)38(36-14)13-17-18(29)6-5-7-19(17)30)35-27(40)21-12-25-34-20(11-24(28(31,32)33)39(25)37-21)16-8-9-22(41-3)23(10-16)42-4/h5-12H,13H2,1-4H3,(H,35,40). The molecular formula is C28H23Cl2F3N6O3. The van der Waals surface area contributed by atoms with Crippen LogP contribution in [0.15, 0.2) is 48.5 Å². The lowest BCUT2D eigenvalue weighted by Crippen LogP contribution is -2.16. The maximum absolute atomic E-state index is 14.1. The third kappa shape index (κ3) is 5.47. The number of hydrogen-bond acceptors (Lipinski definition) is 6. The van der Waals surface area contributed by atoms with Crippen LogP contribution in [0.1, 0.15) is 33.1 Å². The van der Waals surface area contributed by atoms with E-state index in [0.717, 1.165) is 6.07 Å². The number of carbonyl (C=O) groups excluding carboxylic acids is 1. The third-order valence-corrected chi connectivity index (χ3v) is 7.33. The molecule has 0 bridgehead atoms. The predicted octanol–water partition coefficient (Wildman–Crippen LogP) is 6.85. The first-order valence-electron chi connectivity index (χ1n) is 12.4. The molecule has 9 nitrogen and oxygen atoms in total. The van der Waals surface area contributed by atoms with E-state index in [1.54, 1.807) is 48.9 Å². The van der Waals surface area contributed by atoms with Crippen LogP contribution in [0.25, 0.3) is 16.9 Å². The summed E-state index contributed by atoms with van der Waals surface area (Å²) >= 11 is 12.6. The van der Waals surface area contributed by atoms with E-state index in [2.05, 4.69) is 20.5 Å². The molecule has 3 aromatic heterocycles. The molecule has 0 fully saturated rings. The highest BCUT2D eigenvalue weighted by atomic mass is 35.5. The van der Waals surface area contributed by atoms with E-state index in [-0.39, 0.29) is 23.6 Å². The summed E-state index contributed by atoms with van der Waals surface area (Å²) in [4.78, 5) is 17.6. The van der Waals surface area contributed by atoms with Crippen LogP contribution in [-0.2, 0) is 12.7 Å². The Balaban J connectivity index is 1.50. The maximum Gasteiger partial charge on any atom is 0.433 e. The normalized spacial score (nSPS) is 11.6. The van der Waals surface area contributed by atoms with Gasteiger partial charge in [-0.05, 0) is 50.2 Å². The number of nitrogens with one attached hydrogen (secondary N) is 1. The molecule has 0 saturated carbocycles. The van der Waals surface area contributed by atoms with Gasteiger partial charge in [-0.2, -0.15) is 23.4 Å². The van der Waals surface area contributed by atoms with Crippen molar-refractivity contribution in [1.82, 2.24) is 24.4 Å². The van der Waals surface area contributed by atoms with Gasteiger partial charge in [-0.15, -0.1) is 0 Å². The number of hydrogen-bond donors (Lipinski definition) is 1. The summed E-state index contributed by atoms with van der Waals surface area (Å²) in [7, 11) is 2.87. The SMILES string of the molecule is COc1ccc(-c2cc(C(F)(F)F)n3nc(C(=O)Nc4c(C)nn(Cc5c(Cl)cccc5Cl)c4C)cc3n2)cc1OC. The molecule has 42 heavy (non-hydrogen) atoms. The fraction of sp³-hybridized carbons (Fsp3) is 0.214. The van der Waals surface area contributed by atoms with Gasteiger partial charge < -0.3 is 14.8 Å². The van der Waals surface area contributed by atoms with Crippen molar-refractivity contribution in [2.24, 2.45) is 0 Å². The number of amides is 1. The molecule has 2 aromatic carbocycles. The highest BCUT2D eigenvalue weighted by Gasteiger charge is 2.36. The van der Waals surface area contributed by atoms with Crippen molar-refractivity contribution < 1.29 is 27.4 Å². The van der Waals surface area contributed by atoms with Crippen LogP contribution in [-0.4, -0.2) is 44.5 Å². The lowest BCUT2D eigenvalue weighted by Gasteiger charge is -2.12. The Morgan fingerprint density at radius 3 is 2.31 bits per heavy atom. The summed E-state index contributed by atoms with van der Waals surface area (Å²) in [6, 6.07) is 11.8. The van der Waals surface area contributed by atoms with Crippen LogP contribution in [0.4, 0.5) is 18.9 Å². The zero-order valence-corrected chi connectivity index (χ0v) is 24.2. The minimum Gasteiger partial charge on any atom is -0.493 e. The van der Waals surface area contributed by atoms with Crippen molar-refractivity contribution in [3.8, 4) is 22.8 Å². The van der Waals surface area contributed by atoms with Gasteiger partial charge in [0.2, 0.25) is 0 Å². The van der Waals surface area contributed by atoms with Gasteiger partial charge >= 0.3 is 6.18 Å². The average Bonchev–Trinajstić information content (AvgIpc) is 3.50. The van der Waals surface area contributed by atoms with E-state index in [9.17, 15) is 18.0 Å². The first-order valence-corrected chi connectivity index (χ1v) is 13.2. The van der Waals surface area contributed by atoms with Crippen LogP contribution in [0.2, 0.25) is 10.0 Å². The highest BCUT2D eigenvalue weighted by molar-refractivity contribution is 6.36. The third-order valence-electron chi connectivity index (χ3n) is 6.62. The first kappa shape index (κ1) is 29.2. The number of rotatable bonds is 7. The van der Waals surface area contributed by atoms with Crippen LogP contribution >= 0.6 is 23.2 Å². The van der Waals surface area contributed by atoms with Gasteiger partial charge in [-0.1, -0.05) is 29.3 Å². The molecular weight excluding hydrogens is 596 g/mol. The minimum atomic E-state index is -4.79. The number of halogens is 5. The quantitative estimate of drug-likeness (QED) is 0.214. The molecule has 5 rings (SSSR count). The molecule has 0 atom stereocenters. The number of aryl methyl sites for hydroxylation is 1. The summed E-state index contributed by atoms with van der Waals surface area (Å²) in [5, 5.41) is 12.1.